The predicted octanol–water partition coefficient (Wildman–Crippen LogP) is -1.45. The monoisotopic (exact) mass is 76.0 g/mol. The van der Waals surface area contributed by atoms with Crippen LogP contribution >= 0.6 is 0 Å². The number of aliphatic hydroxyl groups excluding tert-OH is 1. The molecule has 0 fully saturated rings. The van der Waals surface area contributed by atoms with Crippen LogP contribution in [0.25, 0.3) is 0 Å². The Morgan fingerprint density at radius 2 is 2.00 bits per heavy atom. The Kier molecular flexibility index (Phi) is 3.24. The molecule has 0 aliphatic carbocycles. The second-order valence-electron chi connectivity index (χ2n) is 0.316. The summed E-state index contributed by atoms with van der Waals surface area (Å²) in [6.45, 7) is 0. The summed E-state index contributed by atoms with van der Waals surface area (Å²) in [5.41, 5.74) is 0. The SMILES string of the molecule is OC[Si]O. The fraction of sp³-hybridized carbons (Fsp3) is 1.00. The lowest BCUT2D eigenvalue weighted by atomic mass is 11.7. The molecule has 0 aromatic carbocycles. The first-order chi connectivity index (χ1) is 1.91. The van der Waals surface area contributed by atoms with E-state index < -0.39 is 0 Å². The zero-order valence-electron chi connectivity index (χ0n) is 2.10. The molecule has 0 aliphatic rings. The number of hydrogen-bond donors (Lipinski definition) is 2. The highest BCUT2D eigenvalue weighted by Crippen LogP contribution is 1.33. The predicted molar refractivity (Wildman–Crippen MR) is 15.1 cm³/mol. The maximum atomic E-state index is 7.65. The molecule has 4 heavy (non-hydrogen) atoms. The summed E-state index contributed by atoms with van der Waals surface area (Å²) in [5, 5.41) is 7.64. The maximum absolute atomic E-state index is 7.65. The van der Waals surface area contributed by atoms with Crippen LogP contribution in [-0.2, 0) is 0 Å². The van der Waals surface area contributed by atoms with Crippen LogP contribution in [0.5, 0.6) is 0 Å². The molecule has 0 bridgehead atoms. The Hall–Kier alpha value is 0.137. The van der Waals surface area contributed by atoms with E-state index in [2.05, 4.69) is 0 Å². The van der Waals surface area contributed by atoms with Gasteiger partial charge in [-0.2, -0.15) is 0 Å². The number of hydrogen-bond acceptors (Lipinski definition) is 2. The average Bonchev–Trinajstić information content (AvgIpc) is 1.37. The summed E-state index contributed by atoms with van der Waals surface area (Å²) in [6, 6.07) is 0. The summed E-state index contributed by atoms with van der Waals surface area (Å²) in [5.74, 6) is 0. The molecule has 0 saturated carbocycles. The van der Waals surface area contributed by atoms with Crippen molar-refractivity contribution in [3.8, 4) is 0 Å². The van der Waals surface area contributed by atoms with Crippen molar-refractivity contribution < 1.29 is 9.90 Å². The molecule has 0 unspecified atom stereocenters. The second kappa shape index (κ2) is 3.14. The maximum Gasteiger partial charge on any atom is 0.253 e. The topological polar surface area (TPSA) is 40.5 Å². The highest BCUT2D eigenvalue weighted by Gasteiger charge is 1.65. The minimum Gasteiger partial charge on any atom is -0.430 e. The van der Waals surface area contributed by atoms with Crippen LogP contribution in [0, 0.1) is 0 Å². The van der Waals surface area contributed by atoms with Gasteiger partial charge in [-0.1, -0.05) is 0 Å². The summed E-state index contributed by atoms with van der Waals surface area (Å²) in [7, 11) is -0.304. The highest BCUT2D eigenvalue weighted by atomic mass is 28.2. The normalized spacial score (nSPS) is 7.50. The van der Waals surface area contributed by atoms with E-state index in [-0.39, 0.29) is 16.0 Å². The molecular formula is CH4O2Si. The highest BCUT2D eigenvalue weighted by molar-refractivity contribution is 6.24. The third kappa shape index (κ3) is 2.14. The Morgan fingerprint density at radius 3 is 2.00 bits per heavy atom. The quantitative estimate of drug-likeness (QED) is 0.375. The van der Waals surface area contributed by atoms with E-state index in [1.807, 2.05) is 0 Å². The Bertz CT molecular complexity index is 8.00. The lowest BCUT2D eigenvalue weighted by molar-refractivity contribution is 0.348. The zero-order valence-corrected chi connectivity index (χ0v) is 3.10. The third-order valence-corrected chi connectivity index (χ3v) is 0.212. The molecular weight excluding hydrogens is 72.1 g/mol. The zero-order chi connectivity index (χ0) is 3.41. The third-order valence-electron chi connectivity index (χ3n) is 0.0707. The molecule has 0 aliphatic heterocycles. The molecule has 24 valence electrons. The second-order valence-corrected chi connectivity index (χ2v) is 0.949. The molecule has 0 spiro atoms. The fourth-order valence-corrected chi connectivity index (χ4v) is 0. The van der Waals surface area contributed by atoms with Gasteiger partial charge in [0.15, 0.2) is 0 Å². The van der Waals surface area contributed by atoms with E-state index in [1.54, 1.807) is 0 Å². The Balaban J connectivity index is 1.97. The minimum atomic E-state index is -0.304. The van der Waals surface area contributed by atoms with Crippen molar-refractivity contribution in [3.05, 3.63) is 0 Å². The summed E-state index contributed by atoms with van der Waals surface area (Å²) < 4.78 is 0. The van der Waals surface area contributed by atoms with Gasteiger partial charge in [-0.15, -0.1) is 0 Å². The van der Waals surface area contributed by atoms with Crippen LogP contribution in [0.15, 0.2) is 0 Å². The van der Waals surface area contributed by atoms with Gasteiger partial charge in [-0.05, 0) is 0 Å². The van der Waals surface area contributed by atoms with Crippen LogP contribution in [-0.4, -0.2) is 25.9 Å². The van der Waals surface area contributed by atoms with Crippen LogP contribution in [0.2, 0.25) is 0 Å². The van der Waals surface area contributed by atoms with Gasteiger partial charge < -0.3 is 9.90 Å². The van der Waals surface area contributed by atoms with Crippen molar-refractivity contribution in [1.29, 1.82) is 0 Å². The molecule has 3 heteroatoms. The van der Waals surface area contributed by atoms with E-state index >= 15 is 0 Å². The van der Waals surface area contributed by atoms with Gasteiger partial charge >= 0.3 is 0 Å². The molecule has 2 N–H and O–H groups in total. The van der Waals surface area contributed by atoms with Gasteiger partial charge in [0, 0.05) is 0 Å². The van der Waals surface area contributed by atoms with Crippen molar-refractivity contribution in [2.24, 2.45) is 0 Å². The van der Waals surface area contributed by atoms with Gasteiger partial charge in [0.2, 0.25) is 0 Å². The molecule has 0 saturated heterocycles. The van der Waals surface area contributed by atoms with Crippen molar-refractivity contribution in [2.75, 3.05) is 6.23 Å². The first-order valence-corrected chi connectivity index (χ1v) is 2.05. The Morgan fingerprint density at radius 1 is 1.75 bits per heavy atom. The molecule has 0 atom stereocenters. The van der Waals surface area contributed by atoms with E-state index in [0.717, 1.165) is 0 Å². The summed E-state index contributed by atoms with van der Waals surface area (Å²) in [4.78, 5) is 7.65. The molecule has 0 heterocycles. The first kappa shape index (κ1) is 4.14. The van der Waals surface area contributed by atoms with Crippen molar-refractivity contribution in [2.45, 2.75) is 0 Å². The number of aliphatic hydroxyl groups is 1. The lowest BCUT2D eigenvalue weighted by Gasteiger charge is -1.65. The first-order valence-electron chi connectivity index (χ1n) is 0.893. The van der Waals surface area contributed by atoms with Crippen LogP contribution in [0.1, 0.15) is 0 Å². The van der Waals surface area contributed by atoms with Crippen LogP contribution in [0.4, 0.5) is 0 Å². The van der Waals surface area contributed by atoms with Gasteiger partial charge in [0.05, 0.1) is 6.23 Å². The van der Waals surface area contributed by atoms with E-state index in [1.165, 1.54) is 0 Å². The van der Waals surface area contributed by atoms with Crippen LogP contribution < -0.4 is 0 Å². The van der Waals surface area contributed by atoms with Crippen molar-refractivity contribution in [3.63, 3.8) is 0 Å². The molecule has 0 amide bonds. The van der Waals surface area contributed by atoms with Crippen LogP contribution in [0.3, 0.4) is 0 Å². The van der Waals surface area contributed by atoms with Crippen molar-refractivity contribution in [1.82, 2.24) is 0 Å². The fourth-order valence-electron chi connectivity index (χ4n) is 0. The minimum absolute atomic E-state index is 0.0972. The largest absolute Gasteiger partial charge is 0.430 e. The van der Waals surface area contributed by atoms with Crippen molar-refractivity contribution >= 4 is 9.76 Å². The van der Waals surface area contributed by atoms with Gasteiger partial charge in [0.1, 0.15) is 0 Å². The van der Waals surface area contributed by atoms with Gasteiger partial charge in [-0.3, -0.25) is 0 Å². The lowest BCUT2D eigenvalue weighted by Crippen LogP contribution is -1.91. The van der Waals surface area contributed by atoms with Gasteiger partial charge in [0.25, 0.3) is 9.76 Å². The van der Waals surface area contributed by atoms with E-state index in [0.29, 0.717) is 0 Å². The van der Waals surface area contributed by atoms with Gasteiger partial charge in [-0.25, -0.2) is 0 Å². The molecule has 2 radical (unpaired) electrons. The molecule has 0 aromatic rings. The molecule has 0 aromatic heterocycles. The summed E-state index contributed by atoms with van der Waals surface area (Å²) >= 11 is 0. The molecule has 2 nitrogen and oxygen atoms in total. The standard InChI is InChI=1S/CH4O2Si/c2-1-4-3/h2-3H,1H2. The van der Waals surface area contributed by atoms with E-state index in [4.69, 9.17) is 9.90 Å². The van der Waals surface area contributed by atoms with E-state index in [9.17, 15) is 0 Å². The average molecular weight is 76.1 g/mol. The number of rotatable bonds is 1. The summed E-state index contributed by atoms with van der Waals surface area (Å²) in [6.07, 6.45) is -0.0972. The Labute approximate surface area is 27.0 Å². The smallest absolute Gasteiger partial charge is 0.253 e. The molecule has 0 rings (SSSR count).